The first-order valence-corrected chi connectivity index (χ1v) is 9.02. The van der Waals surface area contributed by atoms with Gasteiger partial charge in [-0.3, -0.25) is 4.79 Å². The van der Waals surface area contributed by atoms with Crippen LogP contribution < -0.4 is 15.1 Å². The lowest BCUT2D eigenvalue weighted by molar-refractivity contribution is 0.0946. The Balaban J connectivity index is 1.52. The maximum Gasteiger partial charge on any atom is 0.271 e. The van der Waals surface area contributed by atoms with Crippen LogP contribution in [0.1, 0.15) is 30.8 Å². The Kier molecular flexibility index (Phi) is 5.93. The number of carbonyl (C=O) groups excluding carboxylic acids is 1. The van der Waals surface area contributed by atoms with Crippen molar-refractivity contribution in [2.24, 2.45) is 5.92 Å². The van der Waals surface area contributed by atoms with Crippen LogP contribution in [0, 0.1) is 5.92 Å². The molecule has 1 fully saturated rings. The molecule has 0 aliphatic carbocycles. The Morgan fingerprint density at radius 2 is 1.77 bits per heavy atom. The first-order valence-electron chi connectivity index (χ1n) is 9.02. The van der Waals surface area contributed by atoms with Crippen molar-refractivity contribution in [3.05, 3.63) is 36.3 Å². The van der Waals surface area contributed by atoms with E-state index in [0.717, 1.165) is 44.4 Å². The topological polar surface area (TPSA) is 87.1 Å². The van der Waals surface area contributed by atoms with E-state index in [1.54, 1.807) is 18.5 Å². The second-order valence-corrected chi connectivity index (χ2v) is 6.74. The second kappa shape index (κ2) is 8.55. The number of rotatable bonds is 6. The summed E-state index contributed by atoms with van der Waals surface area (Å²) in [6.45, 7) is 8.18. The first-order chi connectivity index (χ1) is 12.6. The number of nitrogens with one attached hydrogen (secondary N) is 1. The number of carbonyl (C=O) groups is 1. The molecule has 0 spiro atoms. The van der Waals surface area contributed by atoms with Crippen molar-refractivity contribution in [2.75, 3.05) is 42.5 Å². The van der Waals surface area contributed by atoms with Gasteiger partial charge in [-0.25, -0.2) is 9.97 Å². The summed E-state index contributed by atoms with van der Waals surface area (Å²) in [5.41, 5.74) is 0.355. The number of hydrogen-bond acceptors (Lipinski definition) is 7. The average molecular weight is 355 g/mol. The molecule has 0 atom stereocenters. The molecular formula is C18H25N7O. The van der Waals surface area contributed by atoms with Crippen LogP contribution in [-0.4, -0.2) is 58.8 Å². The van der Waals surface area contributed by atoms with Crippen LogP contribution in [0.25, 0.3) is 0 Å². The van der Waals surface area contributed by atoms with E-state index in [-0.39, 0.29) is 5.91 Å². The van der Waals surface area contributed by atoms with Gasteiger partial charge in [0.05, 0.1) is 0 Å². The lowest BCUT2D eigenvalue weighted by Crippen LogP contribution is -2.47. The number of aromatic nitrogens is 4. The molecule has 0 saturated carbocycles. The molecule has 2 aromatic heterocycles. The van der Waals surface area contributed by atoms with Crippen LogP contribution in [0.4, 0.5) is 11.8 Å². The maximum atomic E-state index is 12.1. The highest BCUT2D eigenvalue weighted by Crippen LogP contribution is 2.15. The fourth-order valence-electron chi connectivity index (χ4n) is 2.77. The third kappa shape index (κ3) is 4.65. The van der Waals surface area contributed by atoms with Gasteiger partial charge >= 0.3 is 0 Å². The summed E-state index contributed by atoms with van der Waals surface area (Å²) in [5.74, 6) is 1.93. The first kappa shape index (κ1) is 18.0. The van der Waals surface area contributed by atoms with E-state index < -0.39 is 0 Å². The highest BCUT2D eigenvalue weighted by Gasteiger charge is 2.20. The summed E-state index contributed by atoms with van der Waals surface area (Å²) >= 11 is 0. The molecule has 3 rings (SSSR count). The SMILES string of the molecule is CC(C)CCNC(=O)c1ccc(N2CCN(c3ncccn3)CC2)nn1. The Bertz CT molecular complexity index is 697. The predicted octanol–water partition coefficient (Wildman–Crippen LogP) is 1.37. The number of nitrogens with zero attached hydrogens (tertiary/aromatic N) is 6. The highest BCUT2D eigenvalue weighted by atomic mass is 16.1. The molecular weight excluding hydrogens is 330 g/mol. The maximum absolute atomic E-state index is 12.1. The van der Waals surface area contributed by atoms with E-state index in [9.17, 15) is 4.79 Å². The molecule has 26 heavy (non-hydrogen) atoms. The van der Waals surface area contributed by atoms with Gasteiger partial charge in [0.1, 0.15) is 0 Å². The van der Waals surface area contributed by atoms with Crippen molar-refractivity contribution in [3.63, 3.8) is 0 Å². The molecule has 1 aliphatic heterocycles. The minimum Gasteiger partial charge on any atom is -0.352 e. The van der Waals surface area contributed by atoms with Crippen LogP contribution in [0.2, 0.25) is 0 Å². The molecule has 0 unspecified atom stereocenters. The monoisotopic (exact) mass is 355 g/mol. The van der Waals surface area contributed by atoms with E-state index in [2.05, 4.69) is 49.1 Å². The molecule has 1 saturated heterocycles. The van der Waals surface area contributed by atoms with E-state index >= 15 is 0 Å². The predicted molar refractivity (Wildman–Crippen MR) is 100 cm³/mol. The quantitative estimate of drug-likeness (QED) is 0.837. The van der Waals surface area contributed by atoms with Gasteiger partial charge in [0.25, 0.3) is 5.91 Å². The summed E-state index contributed by atoms with van der Waals surface area (Å²) in [6.07, 6.45) is 4.46. The molecule has 1 aliphatic rings. The lowest BCUT2D eigenvalue weighted by atomic mass is 10.1. The van der Waals surface area contributed by atoms with Crippen molar-refractivity contribution in [2.45, 2.75) is 20.3 Å². The summed E-state index contributed by atoms with van der Waals surface area (Å²) in [7, 11) is 0. The van der Waals surface area contributed by atoms with Gasteiger partial charge in [0, 0.05) is 45.1 Å². The average Bonchev–Trinajstić information content (AvgIpc) is 2.68. The molecule has 3 heterocycles. The third-order valence-electron chi connectivity index (χ3n) is 4.33. The Labute approximate surface area is 153 Å². The van der Waals surface area contributed by atoms with E-state index in [4.69, 9.17) is 0 Å². The summed E-state index contributed by atoms with van der Waals surface area (Å²) in [6, 6.07) is 5.41. The van der Waals surface area contributed by atoms with Crippen LogP contribution in [0.5, 0.6) is 0 Å². The molecule has 8 nitrogen and oxygen atoms in total. The summed E-state index contributed by atoms with van der Waals surface area (Å²) < 4.78 is 0. The molecule has 0 radical (unpaired) electrons. The normalized spacial score (nSPS) is 14.6. The lowest BCUT2D eigenvalue weighted by Gasteiger charge is -2.35. The van der Waals surface area contributed by atoms with E-state index in [0.29, 0.717) is 18.2 Å². The summed E-state index contributed by atoms with van der Waals surface area (Å²) in [4.78, 5) is 25.0. The van der Waals surface area contributed by atoms with Crippen molar-refractivity contribution in [3.8, 4) is 0 Å². The number of hydrogen-bond donors (Lipinski definition) is 1. The van der Waals surface area contributed by atoms with Gasteiger partial charge in [0.15, 0.2) is 11.5 Å². The zero-order valence-electron chi connectivity index (χ0n) is 15.3. The molecule has 0 bridgehead atoms. The highest BCUT2D eigenvalue weighted by molar-refractivity contribution is 5.92. The third-order valence-corrected chi connectivity index (χ3v) is 4.33. The van der Waals surface area contributed by atoms with Crippen LogP contribution >= 0.6 is 0 Å². The Morgan fingerprint density at radius 3 is 2.38 bits per heavy atom. The summed E-state index contributed by atoms with van der Waals surface area (Å²) in [5, 5.41) is 11.2. The van der Waals surface area contributed by atoms with Gasteiger partial charge in [-0.2, -0.15) is 0 Å². The van der Waals surface area contributed by atoms with Crippen LogP contribution in [0.15, 0.2) is 30.6 Å². The molecule has 8 heteroatoms. The Hall–Kier alpha value is -2.77. The standard InChI is InChI=1S/C18H25N7O/c1-14(2)6-9-19-17(26)15-4-5-16(23-22-15)24-10-12-25(13-11-24)18-20-7-3-8-21-18/h3-5,7-8,14H,6,9-13H2,1-2H3,(H,19,26). The minimum atomic E-state index is -0.171. The minimum absolute atomic E-state index is 0.171. The van der Waals surface area contributed by atoms with Gasteiger partial charge in [-0.1, -0.05) is 13.8 Å². The van der Waals surface area contributed by atoms with Crippen LogP contribution in [0.3, 0.4) is 0 Å². The Morgan fingerprint density at radius 1 is 1.08 bits per heavy atom. The number of piperazine rings is 1. The van der Waals surface area contributed by atoms with Crippen molar-refractivity contribution < 1.29 is 4.79 Å². The van der Waals surface area contributed by atoms with Gasteiger partial charge in [0.2, 0.25) is 5.95 Å². The molecule has 138 valence electrons. The molecule has 1 amide bonds. The number of amides is 1. The van der Waals surface area contributed by atoms with Crippen molar-refractivity contribution in [1.82, 2.24) is 25.5 Å². The fourth-order valence-corrected chi connectivity index (χ4v) is 2.77. The van der Waals surface area contributed by atoms with E-state index in [1.807, 2.05) is 12.1 Å². The largest absolute Gasteiger partial charge is 0.352 e. The smallest absolute Gasteiger partial charge is 0.271 e. The van der Waals surface area contributed by atoms with Crippen molar-refractivity contribution in [1.29, 1.82) is 0 Å². The van der Waals surface area contributed by atoms with Crippen molar-refractivity contribution >= 4 is 17.7 Å². The fraction of sp³-hybridized carbons (Fsp3) is 0.500. The molecule has 2 aromatic rings. The van der Waals surface area contributed by atoms with Crippen LogP contribution in [-0.2, 0) is 0 Å². The molecule has 0 aromatic carbocycles. The number of anilines is 2. The second-order valence-electron chi connectivity index (χ2n) is 6.74. The zero-order chi connectivity index (χ0) is 18.4. The van der Waals surface area contributed by atoms with E-state index in [1.165, 1.54) is 0 Å². The zero-order valence-corrected chi connectivity index (χ0v) is 15.3. The van der Waals surface area contributed by atoms with Gasteiger partial charge in [-0.15, -0.1) is 10.2 Å². The molecule has 1 N–H and O–H groups in total. The van der Waals surface area contributed by atoms with Gasteiger partial charge < -0.3 is 15.1 Å². The van der Waals surface area contributed by atoms with Gasteiger partial charge in [-0.05, 0) is 30.5 Å².